The fraction of sp³-hybridized carbons (Fsp3) is 0.367. The second-order valence-electron chi connectivity index (χ2n) is 9.57. The Hall–Kier alpha value is -4.07. The number of anilines is 1. The predicted molar refractivity (Wildman–Crippen MR) is 142 cm³/mol. The molecule has 0 bridgehead atoms. The van der Waals surface area contributed by atoms with Gasteiger partial charge in [-0.25, -0.2) is 0 Å². The molecule has 2 aliphatic carbocycles. The van der Waals surface area contributed by atoms with Gasteiger partial charge in [-0.2, -0.15) is 0 Å². The number of amides is 1. The van der Waals surface area contributed by atoms with Gasteiger partial charge in [-0.3, -0.25) is 14.4 Å². The number of hydrogen-bond acceptors (Lipinski definition) is 7. The molecule has 0 unspecified atom stereocenters. The Morgan fingerprint density at radius 2 is 1.58 bits per heavy atom. The van der Waals surface area contributed by atoms with Crippen LogP contribution in [0.1, 0.15) is 56.9 Å². The van der Waals surface area contributed by atoms with Gasteiger partial charge in [0.25, 0.3) is 5.91 Å². The summed E-state index contributed by atoms with van der Waals surface area (Å²) in [7, 11) is 1.54. The Balaban J connectivity index is 1.42. The Kier molecular flexibility index (Phi) is 7.49. The number of dihydropyridines is 1. The van der Waals surface area contributed by atoms with E-state index >= 15 is 0 Å². The molecule has 8 nitrogen and oxygen atoms in total. The van der Waals surface area contributed by atoms with E-state index in [1.54, 1.807) is 25.3 Å². The first-order valence-electron chi connectivity index (χ1n) is 13.1. The lowest BCUT2D eigenvalue weighted by Crippen LogP contribution is -2.36. The second kappa shape index (κ2) is 11.1. The zero-order valence-electron chi connectivity index (χ0n) is 21.7. The Labute approximate surface area is 222 Å². The minimum atomic E-state index is -0.427. The number of carbonyl (C=O) groups is 3. The molecule has 5 rings (SSSR count). The van der Waals surface area contributed by atoms with Crippen molar-refractivity contribution < 1.29 is 28.6 Å². The van der Waals surface area contributed by atoms with E-state index in [1.165, 1.54) is 0 Å². The first-order chi connectivity index (χ1) is 18.5. The van der Waals surface area contributed by atoms with Crippen molar-refractivity contribution in [1.29, 1.82) is 0 Å². The summed E-state index contributed by atoms with van der Waals surface area (Å²) in [5, 5.41) is 6.23. The standard InChI is InChI=1S/C30H32N2O6/c1-3-37-26-16-18(14-15-25(26)38-17-27(35)32-19-8-4-5-13-24(19)36-2)28-29-20(9-6-11-22(29)33)31-21-10-7-12-23(34)30(21)28/h4-5,8,13-16,28,31H,3,6-7,9-12,17H2,1-2H3,(H,32,35). The molecular formula is C30H32N2O6. The van der Waals surface area contributed by atoms with Crippen molar-refractivity contribution in [3.8, 4) is 17.2 Å². The van der Waals surface area contributed by atoms with Gasteiger partial charge >= 0.3 is 0 Å². The highest BCUT2D eigenvalue weighted by atomic mass is 16.5. The van der Waals surface area contributed by atoms with Gasteiger partial charge in [-0.05, 0) is 62.4 Å². The van der Waals surface area contributed by atoms with Gasteiger partial charge in [0.15, 0.2) is 29.7 Å². The number of Topliss-reactive ketones (excluding diaryl/α,β-unsaturated/α-hetero) is 2. The van der Waals surface area contributed by atoms with Crippen LogP contribution in [0.4, 0.5) is 5.69 Å². The third-order valence-corrected chi connectivity index (χ3v) is 7.13. The van der Waals surface area contributed by atoms with Crippen molar-refractivity contribution in [2.75, 3.05) is 25.6 Å². The number of methoxy groups -OCH3 is 1. The highest BCUT2D eigenvalue weighted by Crippen LogP contribution is 2.46. The molecule has 0 saturated heterocycles. The molecule has 0 spiro atoms. The lowest BCUT2D eigenvalue weighted by atomic mass is 9.71. The van der Waals surface area contributed by atoms with E-state index in [0.29, 0.717) is 53.5 Å². The fourth-order valence-corrected chi connectivity index (χ4v) is 5.49. The quantitative estimate of drug-likeness (QED) is 0.519. The molecule has 1 aliphatic heterocycles. The van der Waals surface area contributed by atoms with Crippen molar-refractivity contribution in [3.63, 3.8) is 0 Å². The minimum absolute atomic E-state index is 0.0833. The van der Waals surface area contributed by atoms with Gasteiger partial charge in [-0.1, -0.05) is 18.2 Å². The lowest BCUT2D eigenvalue weighted by molar-refractivity contribution is -0.118. The van der Waals surface area contributed by atoms with Crippen LogP contribution in [0.5, 0.6) is 17.2 Å². The van der Waals surface area contributed by atoms with Gasteiger partial charge in [0, 0.05) is 41.3 Å². The van der Waals surface area contributed by atoms with Crippen molar-refractivity contribution >= 4 is 23.2 Å². The highest BCUT2D eigenvalue weighted by molar-refractivity contribution is 6.06. The van der Waals surface area contributed by atoms with E-state index in [9.17, 15) is 14.4 Å². The molecule has 0 fully saturated rings. The summed E-state index contributed by atoms with van der Waals surface area (Å²) >= 11 is 0. The number of para-hydroxylation sites is 2. The highest BCUT2D eigenvalue weighted by Gasteiger charge is 2.40. The van der Waals surface area contributed by atoms with Crippen LogP contribution in [0, 0.1) is 0 Å². The van der Waals surface area contributed by atoms with Gasteiger partial charge in [-0.15, -0.1) is 0 Å². The Morgan fingerprint density at radius 1 is 0.895 bits per heavy atom. The summed E-state index contributed by atoms with van der Waals surface area (Å²) in [5.41, 5.74) is 4.62. The maximum absolute atomic E-state index is 13.1. The monoisotopic (exact) mass is 516 g/mol. The molecule has 0 atom stereocenters. The van der Waals surface area contributed by atoms with Gasteiger partial charge in [0.2, 0.25) is 0 Å². The second-order valence-corrected chi connectivity index (χ2v) is 9.57. The van der Waals surface area contributed by atoms with E-state index < -0.39 is 5.92 Å². The molecule has 2 aromatic carbocycles. The Bertz CT molecular complexity index is 1300. The molecular weight excluding hydrogens is 484 g/mol. The first-order valence-corrected chi connectivity index (χ1v) is 13.1. The summed E-state index contributed by atoms with van der Waals surface area (Å²) in [5.74, 6) is 0.824. The molecule has 8 heteroatoms. The number of carbonyl (C=O) groups excluding carboxylic acids is 3. The molecule has 0 aromatic heterocycles. The maximum atomic E-state index is 13.1. The van der Waals surface area contributed by atoms with Crippen molar-refractivity contribution in [2.24, 2.45) is 0 Å². The van der Waals surface area contributed by atoms with Crippen LogP contribution < -0.4 is 24.8 Å². The largest absolute Gasteiger partial charge is 0.495 e. The topological polar surface area (TPSA) is 103 Å². The number of nitrogens with one attached hydrogen (secondary N) is 2. The van der Waals surface area contributed by atoms with Gasteiger partial charge in [0.1, 0.15) is 5.75 Å². The van der Waals surface area contributed by atoms with E-state index in [2.05, 4.69) is 10.6 Å². The van der Waals surface area contributed by atoms with Crippen LogP contribution in [-0.2, 0) is 14.4 Å². The number of benzene rings is 2. The average molecular weight is 517 g/mol. The van der Waals surface area contributed by atoms with E-state index in [0.717, 1.165) is 42.6 Å². The smallest absolute Gasteiger partial charge is 0.262 e. The number of ketones is 2. The first kappa shape index (κ1) is 25.6. The number of ether oxygens (including phenoxy) is 3. The molecule has 2 N–H and O–H groups in total. The third kappa shape index (κ3) is 5.03. The number of rotatable bonds is 8. The number of hydrogen-bond donors (Lipinski definition) is 2. The maximum Gasteiger partial charge on any atom is 0.262 e. The van der Waals surface area contributed by atoms with E-state index in [-0.39, 0.29) is 24.1 Å². The molecule has 198 valence electrons. The van der Waals surface area contributed by atoms with E-state index in [1.807, 2.05) is 31.2 Å². The molecule has 0 saturated carbocycles. The normalized spacial score (nSPS) is 17.4. The zero-order valence-corrected chi connectivity index (χ0v) is 21.7. The molecule has 1 amide bonds. The van der Waals surface area contributed by atoms with Crippen LogP contribution in [-0.4, -0.2) is 37.8 Å². The van der Waals surface area contributed by atoms with Crippen LogP contribution in [0.3, 0.4) is 0 Å². The van der Waals surface area contributed by atoms with Gasteiger partial charge in [0.05, 0.1) is 19.4 Å². The summed E-state index contributed by atoms with van der Waals surface area (Å²) in [6, 6.07) is 12.6. The fourth-order valence-electron chi connectivity index (χ4n) is 5.49. The SMILES string of the molecule is CCOc1cc(C2C3=C(CCCC3=O)NC3=C2C(=O)CCC3)ccc1OCC(=O)Nc1ccccc1OC. The van der Waals surface area contributed by atoms with Crippen LogP contribution in [0.2, 0.25) is 0 Å². The number of allylic oxidation sites excluding steroid dienone is 4. The Morgan fingerprint density at radius 3 is 2.24 bits per heavy atom. The molecule has 1 heterocycles. The van der Waals surface area contributed by atoms with Gasteiger partial charge < -0.3 is 24.8 Å². The summed E-state index contributed by atoms with van der Waals surface area (Å²) in [4.78, 5) is 38.8. The minimum Gasteiger partial charge on any atom is -0.495 e. The van der Waals surface area contributed by atoms with Crippen molar-refractivity contribution in [2.45, 2.75) is 51.4 Å². The third-order valence-electron chi connectivity index (χ3n) is 7.13. The molecule has 0 radical (unpaired) electrons. The molecule has 38 heavy (non-hydrogen) atoms. The predicted octanol–water partition coefficient (Wildman–Crippen LogP) is 4.81. The zero-order chi connectivity index (χ0) is 26.6. The van der Waals surface area contributed by atoms with Crippen molar-refractivity contribution in [3.05, 3.63) is 70.6 Å². The molecule has 3 aliphatic rings. The van der Waals surface area contributed by atoms with Crippen LogP contribution >= 0.6 is 0 Å². The van der Waals surface area contributed by atoms with Crippen LogP contribution in [0.15, 0.2) is 65.0 Å². The summed E-state index contributed by atoms with van der Waals surface area (Å²) in [6.45, 7) is 2.03. The lowest BCUT2D eigenvalue weighted by Gasteiger charge is -2.37. The molecule has 2 aromatic rings. The van der Waals surface area contributed by atoms with E-state index in [4.69, 9.17) is 14.2 Å². The summed E-state index contributed by atoms with van der Waals surface area (Å²) < 4.78 is 17.0. The van der Waals surface area contributed by atoms with Crippen LogP contribution in [0.25, 0.3) is 0 Å². The summed E-state index contributed by atoms with van der Waals surface area (Å²) in [6.07, 6.45) is 4.17. The average Bonchev–Trinajstić information content (AvgIpc) is 2.92. The van der Waals surface area contributed by atoms with Crippen molar-refractivity contribution in [1.82, 2.24) is 5.32 Å².